The maximum Gasteiger partial charge on any atom is 0.312 e. The van der Waals surface area contributed by atoms with Crippen LogP contribution in [-0.2, 0) is 23.9 Å². The van der Waals surface area contributed by atoms with Gasteiger partial charge >= 0.3 is 11.9 Å². The standard InChI is InChI=1S/C32H50O5/c1-19(33)21-11-16-32(27(35)36-8)18-17-30(6)22(26(21)32)9-10-24-29(5)14-13-25(37-20(2)34)28(3,4)23(29)12-15-31(24,30)7/h21-26H,9-18H2,1-8H3/t21?,22?,23?,24?,25-,26?,29-,30+,31+,32-/m0/s1. The van der Waals surface area contributed by atoms with Crippen molar-refractivity contribution >= 4 is 17.7 Å². The van der Waals surface area contributed by atoms with Gasteiger partial charge in [0.25, 0.3) is 0 Å². The summed E-state index contributed by atoms with van der Waals surface area (Å²) in [4.78, 5) is 38.2. The summed E-state index contributed by atoms with van der Waals surface area (Å²) in [5, 5.41) is 0. The van der Waals surface area contributed by atoms with E-state index < -0.39 is 5.41 Å². The molecule has 0 aliphatic heterocycles. The minimum Gasteiger partial charge on any atom is -0.469 e. The van der Waals surface area contributed by atoms with Crippen molar-refractivity contribution in [2.75, 3.05) is 7.11 Å². The van der Waals surface area contributed by atoms with Gasteiger partial charge in [0.2, 0.25) is 0 Å². The molecule has 5 nitrogen and oxygen atoms in total. The predicted molar refractivity (Wildman–Crippen MR) is 142 cm³/mol. The second kappa shape index (κ2) is 8.55. The van der Waals surface area contributed by atoms with Gasteiger partial charge in [-0.1, -0.05) is 34.6 Å². The Morgan fingerprint density at radius 3 is 2.05 bits per heavy atom. The minimum atomic E-state index is -0.482. The maximum atomic E-state index is 13.3. The number of hydrogen-bond donors (Lipinski definition) is 0. The van der Waals surface area contributed by atoms with E-state index in [1.807, 2.05) is 0 Å². The number of carbonyl (C=O) groups excluding carboxylic acids is 3. The van der Waals surface area contributed by atoms with Gasteiger partial charge in [0, 0.05) is 18.3 Å². The van der Waals surface area contributed by atoms with Crippen molar-refractivity contribution in [1.82, 2.24) is 0 Å². The molecule has 208 valence electrons. The zero-order valence-corrected chi connectivity index (χ0v) is 24.6. The third-order valence-corrected chi connectivity index (χ3v) is 13.8. The highest BCUT2D eigenvalue weighted by Crippen LogP contribution is 2.77. The van der Waals surface area contributed by atoms with E-state index in [0.717, 1.165) is 57.8 Å². The highest BCUT2D eigenvalue weighted by Gasteiger charge is 2.72. The van der Waals surface area contributed by atoms with Gasteiger partial charge in [0.05, 0.1) is 12.5 Å². The summed E-state index contributed by atoms with van der Waals surface area (Å²) < 4.78 is 11.3. The lowest BCUT2D eigenvalue weighted by atomic mass is 9.32. The number of rotatable bonds is 3. The highest BCUT2D eigenvalue weighted by molar-refractivity contribution is 5.84. The molecule has 5 rings (SSSR count). The van der Waals surface area contributed by atoms with Crippen LogP contribution in [-0.4, -0.2) is 30.9 Å². The van der Waals surface area contributed by atoms with E-state index >= 15 is 0 Å². The van der Waals surface area contributed by atoms with Gasteiger partial charge in [-0.25, -0.2) is 0 Å². The second-order valence-corrected chi connectivity index (χ2v) is 15.1. The summed E-state index contributed by atoms with van der Waals surface area (Å²) in [6.45, 7) is 15.6. The molecular weight excluding hydrogens is 464 g/mol. The second-order valence-electron chi connectivity index (χ2n) is 15.1. The normalized spacial score (nSPS) is 50.1. The van der Waals surface area contributed by atoms with Gasteiger partial charge in [-0.2, -0.15) is 0 Å². The van der Waals surface area contributed by atoms with Gasteiger partial charge in [0.15, 0.2) is 0 Å². The maximum absolute atomic E-state index is 13.3. The lowest BCUT2D eigenvalue weighted by molar-refractivity contribution is -0.250. The molecule has 5 heteroatoms. The Labute approximate surface area is 224 Å². The molecule has 5 aliphatic rings. The average Bonchev–Trinajstić information content (AvgIpc) is 3.22. The molecule has 0 amide bonds. The first-order valence-corrected chi connectivity index (χ1v) is 14.9. The number of esters is 2. The fourth-order valence-corrected chi connectivity index (χ4v) is 12.0. The third kappa shape index (κ3) is 3.43. The largest absolute Gasteiger partial charge is 0.469 e. The summed E-state index contributed by atoms with van der Waals surface area (Å²) in [5.41, 5.74) is -0.0639. The van der Waals surface area contributed by atoms with Crippen molar-refractivity contribution < 1.29 is 23.9 Å². The first kappa shape index (κ1) is 27.2. The Hall–Kier alpha value is -1.39. The molecule has 0 radical (unpaired) electrons. The molecule has 0 N–H and O–H groups in total. The van der Waals surface area contributed by atoms with Crippen LogP contribution in [0.4, 0.5) is 0 Å². The SMILES string of the molecule is COC(=O)[C@]12CCC(C(C)=O)C1C1CCC3[C@@]4(C)CC[C@H](OC(C)=O)C(C)(C)C4CC[C@@]3(C)[C@]1(C)CC2. The zero-order chi connectivity index (χ0) is 27.2. The predicted octanol–water partition coefficient (Wildman–Crippen LogP) is 6.76. The van der Waals surface area contributed by atoms with Crippen molar-refractivity contribution in [3.8, 4) is 0 Å². The quantitative estimate of drug-likeness (QED) is 0.389. The Morgan fingerprint density at radius 2 is 1.43 bits per heavy atom. The van der Waals surface area contributed by atoms with Gasteiger partial charge in [-0.3, -0.25) is 14.4 Å². The van der Waals surface area contributed by atoms with Crippen LogP contribution in [0.3, 0.4) is 0 Å². The van der Waals surface area contributed by atoms with Crippen LogP contribution in [0.2, 0.25) is 0 Å². The van der Waals surface area contributed by atoms with E-state index in [1.54, 1.807) is 13.8 Å². The molecule has 0 aromatic heterocycles. The molecule has 37 heavy (non-hydrogen) atoms. The van der Waals surface area contributed by atoms with Crippen LogP contribution in [0.25, 0.3) is 0 Å². The molecular formula is C32H50O5. The van der Waals surface area contributed by atoms with Gasteiger partial charge in [-0.15, -0.1) is 0 Å². The van der Waals surface area contributed by atoms with Crippen LogP contribution in [0.5, 0.6) is 0 Å². The third-order valence-electron chi connectivity index (χ3n) is 13.8. The summed E-state index contributed by atoms with van der Waals surface area (Å²) in [7, 11) is 1.53. The van der Waals surface area contributed by atoms with Gasteiger partial charge in [-0.05, 0) is 111 Å². The van der Waals surface area contributed by atoms with E-state index in [4.69, 9.17) is 9.47 Å². The summed E-state index contributed by atoms with van der Waals surface area (Å²) in [6.07, 6.45) is 10.1. The number of ketones is 1. The van der Waals surface area contributed by atoms with Crippen LogP contribution < -0.4 is 0 Å². The van der Waals surface area contributed by atoms with Gasteiger partial charge in [0.1, 0.15) is 11.9 Å². The first-order chi connectivity index (χ1) is 17.2. The van der Waals surface area contributed by atoms with Crippen molar-refractivity contribution in [2.24, 2.45) is 56.7 Å². The molecule has 0 saturated heterocycles. The van der Waals surface area contributed by atoms with E-state index in [9.17, 15) is 14.4 Å². The van der Waals surface area contributed by atoms with Crippen molar-refractivity contribution in [3.63, 3.8) is 0 Å². The number of carbonyl (C=O) groups is 3. The number of fused-ring (bicyclic) bond motifs is 7. The number of methoxy groups -OCH3 is 1. The van der Waals surface area contributed by atoms with E-state index in [-0.39, 0.29) is 57.3 Å². The van der Waals surface area contributed by atoms with Crippen molar-refractivity contribution in [3.05, 3.63) is 0 Å². The molecule has 0 aromatic carbocycles. The van der Waals surface area contributed by atoms with Crippen LogP contribution in [0.1, 0.15) is 113 Å². The summed E-state index contributed by atoms with van der Waals surface area (Å²) in [5.74, 6) is 1.60. The Bertz CT molecular complexity index is 986. The molecule has 5 unspecified atom stereocenters. The van der Waals surface area contributed by atoms with Crippen molar-refractivity contribution in [1.29, 1.82) is 0 Å². The van der Waals surface area contributed by atoms with Crippen LogP contribution >= 0.6 is 0 Å². The smallest absolute Gasteiger partial charge is 0.312 e. The zero-order valence-electron chi connectivity index (χ0n) is 24.6. The fourth-order valence-electron chi connectivity index (χ4n) is 12.0. The molecule has 0 aromatic rings. The van der Waals surface area contributed by atoms with E-state index in [2.05, 4.69) is 34.6 Å². The monoisotopic (exact) mass is 514 g/mol. The topological polar surface area (TPSA) is 69.7 Å². The van der Waals surface area contributed by atoms with Crippen LogP contribution in [0, 0.1) is 56.7 Å². The lowest BCUT2D eigenvalue weighted by Gasteiger charge is -2.72. The number of ether oxygens (including phenoxy) is 2. The molecule has 5 fully saturated rings. The Kier molecular flexibility index (Phi) is 6.28. The molecule has 0 spiro atoms. The minimum absolute atomic E-state index is 0.00970. The average molecular weight is 515 g/mol. The molecule has 5 saturated carbocycles. The molecule has 0 bridgehead atoms. The van der Waals surface area contributed by atoms with E-state index in [0.29, 0.717) is 17.8 Å². The number of hydrogen-bond acceptors (Lipinski definition) is 5. The Balaban J connectivity index is 1.52. The molecule has 0 heterocycles. The Morgan fingerprint density at radius 1 is 0.730 bits per heavy atom. The number of Topliss-reactive ketones (excluding diaryl/α,β-unsaturated/α-hetero) is 1. The fraction of sp³-hybridized carbons (Fsp3) is 0.906. The summed E-state index contributed by atoms with van der Waals surface area (Å²) in [6, 6.07) is 0. The first-order valence-electron chi connectivity index (χ1n) is 14.9. The molecule has 10 atom stereocenters. The van der Waals surface area contributed by atoms with E-state index in [1.165, 1.54) is 13.5 Å². The summed E-state index contributed by atoms with van der Waals surface area (Å²) >= 11 is 0. The van der Waals surface area contributed by atoms with Crippen molar-refractivity contribution in [2.45, 2.75) is 119 Å². The lowest BCUT2D eigenvalue weighted by Crippen LogP contribution is -2.67. The highest BCUT2D eigenvalue weighted by atomic mass is 16.5. The molecule has 5 aliphatic carbocycles. The van der Waals surface area contributed by atoms with Crippen LogP contribution in [0.15, 0.2) is 0 Å². The van der Waals surface area contributed by atoms with Gasteiger partial charge < -0.3 is 9.47 Å².